The molecule has 0 saturated carbocycles. The summed E-state index contributed by atoms with van der Waals surface area (Å²) in [7, 11) is 0. The number of pyridine rings is 2. The molecule has 0 aromatic carbocycles. The van der Waals surface area contributed by atoms with Crippen molar-refractivity contribution in [1.82, 2.24) is 19.7 Å². The van der Waals surface area contributed by atoms with E-state index in [4.69, 9.17) is 9.90 Å². The van der Waals surface area contributed by atoms with Crippen molar-refractivity contribution in [2.24, 2.45) is 0 Å². The number of amides is 2. The van der Waals surface area contributed by atoms with E-state index in [-0.39, 0.29) is 16.9 Å². The minimum absolute atomic E-state index is 0.102. The number of carboxylic acids is 1. The third-order valence-electron chi connectivity index (χ3n) is 6.17. The topological polar surface area (TPSA) is 115 Å². The summed E-state index contributed by atoms with van der Waals surface area (Å²) in [5.41, 5.74) is 2.68. The number of carbonyl (C=O) groups excluding carboxylic acids is 1. The zero-order valence-electron chi connectivity index (χ0n) is 21.2. The predicted molar refractivity (Wildman–Crippen MR) is 132 cm³/mol. The molecule has 2 amide bonds. The Morgan fingerprint density at radius 1 is 1.13 bits per heavy atom. The second kappa shape index (κ2) is 10.3. The smallest absolute Gasteiger partial charge is 0.475 e. The van der Waals surface area contributed by atoms with Gasteiger partial charge in [0.15, 0.2) is 11.5 Å². The van der Waals surface area contributed by atoms with Crippen molar-refractivity contribution in [2.75, 3.05) is 41.3 Å². The number of rotatable bonds is 2. The lowest BCUT2D eigenvalue weighted by Crippen LogP contribution is -2.57. The first kappa shape index (κ1) is 28.0. The van der Waals surface area contributed by atoms with Crippen LogP contribution in [-0.2, 0) is 11.2 Å². The number of carbonyl (C=O) groups is 2. The number of nitrogens with one attached hydrogen (secondary N) is 2. The SMILES string of the molecule is Cc1cn2cc(NC(=O)N3CCc4c(N5CCNC(C)(C)C5)cc(F)nc43)cc(F)c2n1.O=C(O)C(F)(F)F. The van der Waals surface area contributed by atoms with Crippen molar-refractivity contribution in [3.63, 3.8) is 0 Å². The van der Waals surface area contributed by atoms with E-state index >= 15 is 0 Å². The first-order chi connectivity index (χ1) is 18.1. The molecule has 15 heteroatoms. The van der Waals surface area contributed by atoms with Crippen molar-refractivity contribution in [3.8, 4) is 0 Å². The van der Waals surface area contributed by atoms with Gasteiger partial charge in [-0.15, -0.1) is 0 Å². The second-order valence-corrected chi connectivity index (χ2v) is 9.82. The van der Waals surface area contributed by atoms with Crippen LogP contribution in [0.1, 0.15) is 25.1 Å². The zero-order chi connectivity index (χ0) is 28.7. The van der Waals surface area contributed by atoms with Gasteiger partial charge in [0.05, 0.1) is 11.4 Å². The summed E-state index contributed by atoms with van der Waals surface area (Å²) >= 11 is 0. The first-order valence-electron chi connectivity index (χ1n) is 11.9. The highest BCUT2D eigenvalue weighted by Crippen LogP contribution is 2.36. The summed E-state index contributed by atoms with van der Waals surface area (Å²) in [6, 6.07) is 2.19. The normalized spacial score (nSPS) is 16.5. The number of piperazine rings is 1. The van der Waals surface area contributed by atoms with Crippen molar-refractivity contribution in [2.45, 2.75) is 38.9 Å². The number of imidazole rings is 1. The van der Waals surface area contributed by atoms with Crippen molar-refractivity contribution < 1.29 is 36.6 Å². The number of aliphatic carboxylic acids is 1. The van der Waals surface area contributed by atoms with Crippen LogP contribution in [0.5, 0.6) is 0 Å². The third-order valence-corrected chi connectivity index (χ3v) is 6.17. The van der Waals surface area contributed by atoms with E-state index in [1.54, 1.807) is 19.3 Å². The highest BCUT2D eigenvalue weighted by Gasteiger charge is 2.38. The Bertz CT molecular complexity index is 1420. The van der Waals surface area contributed by atoms with Crippen molar-refractivity contribution in [3.05, 3.63) is 47.5 Å². The number of urea groups is 1. The van der Waals surface area contributed by atoms with E-state index in [1.165, 1.54) is 21.4 Å². The number of aromatic nitrogens is 3. The Morgan fingerprint density at radius 2 is 1.82 bits per heavy atom. The summed E-state index contributed by atoms with van der Waals surface area (Å²) in [5, 5.41) is 13.3. The van der Waals surface area contributed by atoms with E-state index in [0.717, 1.165) is 30.9 Å². The molecule has 2 aliphatic rings. The average Bonchev–Trinajstić information content (AvgIpc) is 3.40. The summed E-state index contributed by atoms with van der Waals surface area (Å²) in [5.74, 6) is -3.61. The summed E-state index contributed by atoms with van der Waals surface area (Å²) in [6.07, 6.45) is -1.23. The Kier molecular flexibility index (Phi) is 7.38. The van der Waals surface area contributed by atoms with E-state index in [2.05, 4.69) is 39.3 Å². The molecule has 0 bridgehead atoms. The fourth-order valence-corrected chi connectivity index (χ4v) is 4.57. The summed E-state index contributed by atoms with van der Waals surface area (Å²) in [6.45, 7) is 8.60. The van der Waals surface area contributed by atoms with Gasteiger partial charge in [-0.1, -0.05) is 0 Å². The van der Waals surface area contributed by atoms with Gasteiger partial charge in [-0.25, -0.2) is 23.9 Å². The van der Waals surface area contributed by atoms with Gasteiger partial charge in [0, 0.05) is 67.5 Å². The number of alkyl halides is 3. The maximum Gasteiger partial charge on any atom is 0.490 e. The number of anilines is 3. The number of halogens is 5. The molecule has 0 aliphatic carbocycles. The van der Waals surface area contributed by atoms with Gasteiger partial charge in [0.1, 0.15) is 5.82 Å². The molecule has 5 heterocycles. The van der Waals surface area contributed by atoms with E-state index in [1.807, 2.05) is 0 Å². The van der Waals surface area contributed by atoms with E-state index in [0.29, 0.717) is 24.5 Å². The fourth-order valence-electron chi connectivity index (χ4n) is 4.57. The molecule has 1 saturated heterocycles. The molecule has 39 heavy (non-hydrogen) atoms. The van der Waals surface area contributed by atoms with Crippen LogP contribution in [-0.4, -0.2) is 69.4 Å². The van der Waals surface area contributed by atoms with Crippen LogP contribution in [0.2, 0.25) is 0 Å². The molecule has 2 aliphatic heterocycles. The van der Waals surface area contributed by atoms with Crippen LogP contribution >= 0.6 is 0 Å². The Morgan fingerprint density at radius 3 is 2.46 bits per heavy atom. The van der Waals surface area contributed by atoms with Crippen LogP contribution in [0.3, 0.4) is 0 Å². The van der Waals surface area contributed by atoms with Gasteiger partial charge in [-0.05, 0) is 27.2 Å². The average molecular weight is 556 g/mol. The number of aryl methyl sites for hydroxylation is 1. The standard InChI is InChI=1S/C22H25F2N7O.C2HF3O2/c1-13-10-30-11-14(8-16(23)20(30)26-13)27-21(32)31-6-4-15-17(9-18(24)28-19(15)31)29-7-5-25-22(2,3)12-29;3-2(4,5)1(6)7/h8-11,25H,4-7,12H2,1-3H3,(H,27,32);(H,6,7). The lowest BCUT2D eigenvalue weighted by Gasteiger charge is -2.41. The van der Waals surface area contributed by atoms with Crippen LogP contribution in [0, 0.1) is 18.7 Å². The van der Waals surface area contributed by atoms with Crippen molar-refractivity contribution in [1.29, 1.82) is 0 Å². The summed E-state index contributed by atoms with van der Waals surface area (Å²) < 4.78 is 62.1. The molecule has 0 atom stereocenters. The zero-order valence-corrected chi connectivity index (χ0v) is 21.2. The maximum absolute atomic E-state index is 14.5. The molecule has 1 fully saturated rings. The monoisotopic (exact) mass is 555 g/mol. The van der Waals surface area contributed by atoms with Gasteiger partial charge in [0.2, 0.25) is 5.95 Å². The number of hydrogen-bond acceptors (Lipinski definition) is 6. The molecule has 0 spiro atoms. The van der Waals surface area contributed by atoms with E-state index < -0.39 is 29.9 Å². The van der Waals surface area contributed by atoms with Gasteiger partial charge in [0.25, 0.3) is 0 Å². The predicted octanol–water partition coefficient (Wildman–Crippen LogP) is 3.73. The lowest BCUT2D eigenvalue weighted by molar-refractivity contribution is -0.192. The van der Waals surface area contributed by atoms with Gasteiger partial charge < -0.3 is 25.0 Å². The number of nitrogens with zero attached hydrogens (tertiary/aromatic N) is 5. The lowest BCUT2D eigenvalue weighted by atomic mass is 10.0. The molecule has 3 aromatic heterocycles. The molecule has 3 N–H and O–H groups in total. The molecule has 210 valence electrons. The quantitative estimate of drug-likeness (QED) is 0.326. The Balaban J connectivity index is 0.000000448. The molecule has 5 rings (SSSR count). The highest BCUT2D eigenvalue weighted by molar-refractivity contribution is 6.03. The van der Waals surface area contributed by atoms with Crippen LogP contribution in [0.15, 0.2) is 24.5 Å². The minimum atomic E-state index is -5.08. The first-order valence-corrected chi connectivity index (χ1v) is 11.9. The highest BCUT2D eigenvalue weighted by atomic mass is 19.4. The van der Waals surface area contributed by atoms with Crippen molar-refractivity contribution >= 4 is 34.8 Å². The second-order valence-electron chi connectivity index (χ2n) is 9.82. The van der Waals surface area contributed by atoms with Crippen LogP contribution < -0.4 is 20.4 Å². The molecular weight excluding hydrogens is 529 g/mol. The largest absolute Gasteiger partial charge is 0.490 e. The van der Waals surface area contributed by atoms with E-state index in [9.17, 15) is 26.7 Å². The molecule has 3 aromatic rings. The Hall–Kier alpha value is -4.01. The molecule has 10 nitrogen and oxygen atoms in total. The number of hydrogen-bond donors (Lipinski definition) is 3. The Labute approximate surface area is 219 Å². The van der Waals surface area contributed by atoms with Gasteiger partial charge >= 0.3 is 18.2 Å². The molecule has 0 unspecified atom stereocenters. The minimum Gasteiger partial charge on any atom is -0.475 e. The maximum atomic E-state index is 14.5. The number of carboxylic acid groups (broad SMARTS) is 1. The van der Waals surface area contributed by atoms with Gasteiger partial charge in [-0.2, -0.15) is 17.6 Å². The number of fused-ring (bicyclic) bond motifs is 2. The fraction of sp³-hybridized carbons (Fsp3) is 0.417. The summed E-state index contributed by atoms with van der Waals surface area (Å²) in [4.78, 5) is 33.6. The third kappa shape index (κ3) is 6.19. The van der Waals surface area contributed by atoms with Crippen LogP contribution in [0.25, 0.3) is 5.65 Å². The molecule has 0 radical (unpaired) electrons. The van der Waals surface area contributed by atoms with Crippen LogP contribution in [0.4, 0.5) is 43.9 Å². The van der Waals surface area contributed by atoms with Gasteiger partial charge in [-0.3, -0.25) is 4.90 Å². The molecular formula is C24H26F5N7O3.